The molecule has 4 aromatic carbocycles. The zero-order valence-corrected chi connectivity index (χ0v) is 30.4. The minimum Gasteiger partial charge on any atom is -0.407 e. The maximum absolute atomic E-state index is 14.8. The molecule has 246 valence electrons. The first-order valence-corrected chi connectivity index (χ1v) is 21.0. The molecule has 0 aliphatic heterocycles. The SMILES string of the molecule is C[C@@H](O)[C@H](CCCCCCCCCCO[Si](c1ccccc1)(c1ccccc1)C(C)(C)C)P(=O)(c1ccccc1)c1ccccc1. The van der Waals surface area contributed by atoms with Gasteiger partial charge in [0.05, 0.1) is 6.10 Å². The number of hydrogen-bond donors (Lipinski definition) is 1. The van der Waals surface area contributed by atoms with Crippen molar-refractivity contribution in [3.05, 3.63) is 121 Å². The minimum absolute atomic E-state index is 0.0124. The Morgan fingerprint density at radius 2 is 0.978 bits per heavy atom. The number of aliphatic hydroxyl groups is 1. The summed E-state index contributed by atoms with van der Waals surface area (Å²) >= 11 is 0. The summed E-state index contributed by atoms with van der Waals surface area (Å²) in [5, 5.41) is 15.2. The summed E-state index contributed by atoms with van der Waals surface area (Å²) in [5.41, 5.74) is -0.284. The summed E-state index contributed by atoms with van der Waals surface area (Å²) in [4.78, 5) is 0. The maximum Gasteiger partial charge on any atom is 0.261 e. The Kier molecular flexibility index (Phi) is 13.7. The van der Waals surface area contributed by atoms with Gasteiger partial charge in [0.15, 0.2) is 0 Å². The summed E-state index contributed by atoms with van der Waals surface area (Å²) in [7, 11) is -5.44. The van der Waals surface area contributed by atoms with E-state index < -0.39 is 21.6 Å². The molecule has 0 amide bonds. The van der Waals surface area contributed by atoms with Crippen molar-refractivity contribution in [3.8, 4) is 0 Å². The molecule has 0 spiro atoms. The molecule has 4 rings (SSSR count). The molecule has 0 saturated heterocycles. The molecule has 0 saturated carbocycles. The highest BCUT2D eigenvalue weighted by Gasteiger charge is 2.50. The highest BCUT2D eigenvalue weighted by Crippen LogP contribution is 2.51. The number of aliphatic hydroxyl groups excluding tert-OH is 1. The van der Waals surface area contributed by atoms with Crippen LogP contribution in [0.25, 0.3) is 0 Å². The summed E-state index contributed by atoms with van der Waals surface area (Å²) in [6.07, 6.45) is 9.29. The number of benzene rings is 4. The fraction of sp³-hybridized carbons (Fsp3) is 0.415. The molecule has 0 aliphatic rings. The lowest BCUT2D eigenvalue weighted by molar-refractivity contribution is 0.183. The molecule has 0 bridgehead atoms. The number of rotatable bonds is 18. The lowest BCUT2D eigenvalue weighted by Crippen LogP contribution is -2.66. The van der Waals surface area contributed by atoms with E-state index in [-0.39, 0.29) is 10.7 Å². The summed E-state index contributed by atoms with van der Waals surface area (Å²) in [6.45, 7) is 9.61. The quantitative estimate of drug-likeness (QED) is 0.0663. The highest BCUT2D eigenvalue weighted by atomic mass is 31.2. The van der Waals surface area contributed by atoms with Crippen LogP contribution in [0.1, 0.15) is 85.5 Å². The molecule has 46 heavy (non-hydrogen) atoms. The first-order chi connectivity index (χ1) is 22.2. The van der Waals surface area contributed by atoms with Gasteiger partial charge in [-0.15, -0.1) is 0 Å². The second-order valence-corrected chi connectivity index (χ2v) is 21.1. The zero-order chi connectivity index (χ0) is 32.9. The van der Waals surface area contributed by atoms with Crippen molar-refractivity contribution in [2.75, 3.05) is 6.61 Å². The minimum atomic E-state index is -2.99. The van der Waals surface area contributed by atoms with Gasteiger partial charge >= 0.3 is 0 Å². The molecule has 0 unspecified atom stereocenters. The van der Waals surface area contributed by atoms with E-state index in [1.54, 1.807) is 6.92 Å². The largest absolute Gasteiger partial charge is 0.407 e. The van der Waals surface area contributed by atoms with E-state index in [1.165, 1.54) is 42.5 Å². The Morgan fingerprint density at radius 3 is 1.37 bits per heavy atom. The second-order valence-electron chi connectivity index (χ2n) is 13.8. The average molecular weight is 655 g/mol. The molecular formula is C41H55O3PSi. The summed E-state index contributed by atoms with van der Waals surface area (Å²) in [5.74, 6) is 0. The van der Waals surface area contributed by atoms with Crippen molar-refractivity contribution < 1.29 is 14.1 Å². The van der Waals surface area contributed by atoms with Gasteiger partial charge in [-0.25, -0.2) is 0 Å². The molecule has 3 nitrogen and oxygen atoms in total. The van der Waals surface area contributed by atoms with Crippen LogP contribution in [-0.2, 0) is 8.99 Å². The van der Waals surface area contributed by atoms with E-state index in [0.29, 0.717) is 0 Å². The van der Waals surface area contributed by atoms with Crippen molar-refractivity contribution >= 4 is 36.4 Å². The van der Waals surface area contributed by atoms with Gasteiger partial charge in [0.25, 0.3) is 8.32 Å². The molecule has 0 aliphatic carbocycles. The van der Waals surface area contributed by atoms with Crippen LogP contribution in [-0.4, -0.2) is 31.8 Å². The number of hydrogen-bond acceptors (Lipinski definition) is 3. The lowest BCUT2D eigenvalue weighted by atomic mass is 10.1. The second kappa shape index (κ2) is 17.4. The van der Waals surface area contributed by atoms with Crippen LogP contribution in [0.5, 0.6) is 0 Å². The van der Waals surface area contributed by atoms with Gasteiger partial charge < -0.3 is 14.1 Å². The van der Waals surface area contributed by atoms with Gasteiger partial charge in [0.2, 0.25) is 0 Å². The third-order valence-electron chi connectivity index (χ3n) is 9.43. The maximum atomic E-state index is 14.8. The molecule has 0 radical (unpaired) electrons. The highest BCUT2D eigenvalue weighted by molar-refractivity contribution is 7.79. The molecule has 0 heterocycles. The zero-order valence-electron chi connectivity index (χ0n) is 28.5. The van der Waals surface area contributed by atoms with E-state index in [1.807, 2.05) is 60.7 Å². The van der Waals surface area contributed by atoms with Crippen molar-refractivity contribution in [1.29, 1.82) is 0 Å². The van der Waals surface area contributed by atoms with Crippen LogP contribution in [0.15, 0.2) is 121 Å². The lowest BCUT2D eigenvalue weighted by Gasteiger charge is -2.43. The van der Waals surface area contributed by atoms with E-state index in [4.69, 9.17) is 4.43 Å². The van der Waals surface area contributed by atoms with E-state index in [9.17, 15) is 9.67 Å². The molecule has 5 heteroatoms. The van der Waals surface area contributed by atoms with Crippen LogP contribution < -0.4 is 21.0 Å². The standard InChI is InChI=1S/C41H55O3PSi/c1-35(42)40(45(43,36-25-15-11-16-26-36)37-27-17-12-18-28-37)33-23-9-7-5-6-8-10-24-34-44-46(41(2,3)4,38-29-19-13-20-30-38)39-31-21-14-22-32-39/h11-22,25-32,35,40,42H,5-10,23-24,33-34H2,1-4H3/t35-,40+/m1/s1. The monoisotopic (exact) mass is 654 g/mol. The van der Waals surface area contributed by atoms with Crippen molar-refractivity contribution in [2.45, 2.75) is 102 Å². The molecular weight excluding hydrogens is 600 g/mol. The topological polar surface area (TPSA) is 46.5 Å². The van der Waals surface area contributed by atoms with Gasteiger partial charge in [0.1, 0.15) is 7.14 Å². The van der Waals surface area contributed by atoms with E-state index >= 15 is 0 Å². The van der Waals surface area contributed by atoms with Gasteiger partial charge in [-0.2, -0.15) is 0 Å². The Morgan fingerprint density at radius 1 is 0.609 bits per heavy atom. The average Bonchev–Trinajstić information content (AvgIpc) is 3.07. The number of unbranched alkanes of at least 4 members (excludes halogenated alkanes) is 7. The summed E-state index contributed by atoms with van der Waals surface area (Å²) < 4.78 is 21.8. The molecule has 0 fully saturated rings. The third-order valence-corrected chi connectivity index (χ3v) is 18.2. The Hall–Kier alpha value is -2.75. The van der Waals surface area contributed by atoms with Gasteiger partial charge in [-0.05, 0) is 35.2 Å². The van der Waals surface area contributed by atoms with Crippen molar-refractivity contribution in [2.24, 2.45) is 0 Å². The van der Waals surface area contributed by atoms with E-state index in [2.05, 4.69) is 81.4 Å². The van der Waals surface area contributed by atoms with Crippen LogP contribution in [0.2, 0.25) is 5.04 Å². The predicted molar refractivity (Wildman–Crippen MR) is 200 cm³/mol. The smallest absolute Gasteiger partial charge is 0.261 e. The molecule has 2 atom stereocenters. The van der Waals surface area contributed by atoms with Gasteiger partial charge in [-0.3, -0.25) is 0 Å². The molecule has 4 aromatic rings. The normalized spacial score (nSPS) is 13.8. The van der Waals surface area contributed by atoms with Gasteiger partial charge in [0, 0.05) is 22.9 Å². The molecule has 0 aromatic heterocycles. The third kappa shape index (κ3) is 8.78. The van der Waals surface area contributed by atoms with Crippen molar-refractivity contribution in [3.63, 3.8) is 0 Å². The first kappa shape index (κ1) is 36.1. The fourth-order valence-electron chi connectivity index (χ4n) is 7.06. The fourth-order valence-corrected chi connectivity index (χ4v) is 15.1. The van der Waals surface area contributed by atoms with Gasteiger partial charge in [-0.1, -0.05) is 187 Å². The van der Waals surface area contributed by atoms with Crippen LogP contribution in [0.3, 0.4) is 0 Å². The summed E-state index contributed by atoms with van der Waals surface area (Å²) in [6, 6.07) is 41.4. The predicted octanol–water partition coefficient (Wildman–Crippen LogP) is 8.84. The Bertz CT molecular complexity index is 1370. The Labute approximate surface area is 280 Å². The molecule has 1 N–H and O–H groups in total. The van der Waals surface area contributed by atoms with Crippen LogP contribution in [0.4, 0.5) is 0 Å². The first-order valence-electron chi connectivity index (χ1n) is 17.4. The van der Waals surface area contributed by atoms with E-state index in [0.717, 1.165) is 42.9 Å². The Balaban J connectivity index is 1.23. The van der Waals surface area contributed by atoms with Crippen LogP contribution >= 0.6 is 7.14 Å². The van der Waals surface area contributed by atoms with Crippen LogP contribution in [0, 0.1) is 0 Å². The van der Waals surface area contributed by atoms with Crippen molar-refractivity contribution in [1.82, 2.24) is 0 Å².